The van der Waals surface area contributed by atoms with Crippen molar-refractivity contribution in [3.63, 3.8) is 0 Å². The Hall–Kier alpha value is -1.06. The molecule has 0 heterocycles. The Labute approximate surface area is 104 Å². The third-order valence-electron chi connectivity index (χ3n) is 3.10. The topological polar surface area (TPSA) is 47.3 Å². The largest absolute Gasteiger partial charge is 0.496 e. The van der Waals surface area contributed by atoms with Crippen LogP contribution in [0.3, 0.4) is 0 Å². The predicted octanol–water partition coefficient (Wildman–Crippen LogP) is 2.43. The molecule has 3 heteroatoms. The SMILES string of the molecule is CNC(CCN)c1ccc(C(C)C)cc1OC. The lowest BCUT2D eigenvalue weighted by molar-refractivity contribution is 0.398. The van der Waals surface area contributed by atoms with Crippen LogP contribution < -0.4 is 15.8 Å². The van der Waals surface area contributed by atoms with E-state index < -0.39 is 0 Å². The van der Waals surface area contributed by atoms with Crippen LogP contribution in [0.25, 0.3) is 0 Å². The van der Waals surface area contributed by atoms with Crippen molar-refractivity contribution in [2.45, 2.75) is 32.2 Å². The lowest BCUT2D eigenvalue weighted by Gasteiger charge is -2.20. The summed E-state index contributed by atoms with van der Waals surface area (Å²) in [5.41, 5.74) is 8.12. The van der Waals surface area contributed by atoms with Crippen LogP contribution in [-0.2, 0) is 0 Å². The lowest BCUT2D eigenvalue weighted by Crippen LogP contribution is -2.20. The van der Waals surface area contributed by atoms with Gasteiger partial charge in [0.2, 0.25) is 0 Å². The summed E-state index contributed by atoms with van der Waals surface area (Å²) in [5, 5.41) is 3.28. The quantitative estimate of drug-likeness (QED) is 0.797. The summed E-state index contributed by atoms with van der Waals surface area (Å²) < 4.78 is 5.48. The molecule has 1 rings (SSSR count). The highest BCUT2D eigenvalue weighted by molar-refractivity contribution is 5.40. The van der Waals surface area contributed by atoms with Crippen LogP contribution in [0.2, 0.25) is 0 Å². The van der Waals surface area contributed by atoms with E-state index >= 15 is 0 Å². The van der Waals surface area contributed by atoms with E-state index in [0.717, 1.165) is 12.2 Å². The van der Waals surface area contributed by atoms with Crippen molar-refractivity contribution in [3.8, 4) is 5.75 Å². The molecular formula is C14H24N2O. The number of hydrogen-bond acceptors (Lipinski definition) is 3. The van der Waals surface area contributed by atoms with Crippen LogP contribution in [0.1, 0.15) is 43.4 Å². The third-order valence-corrected chi connectivity index (χ3v) is 3.10. The minimum Gasteiger partial charge on any atom is -0.496 e. The van der Waals surface area contributed by atoms with Crippen LogP contribution in [0, 0.1) is 0 Å². The van der Waals surface area contributed by atoms with Gasteiger partial charge in [0.25, 0.3) is 0 Å². The first-order valence-electron chi connectivity index (χ1n) is 6.19. The molecule has 0 aromatic heterocycles. The number of ether oxygens (including phenoxy) is 1. The van der Waals surface area contributed by atoms with Gasteiger partial charge in [-0.3, -0.25) is 0 Å². The van der Waals surface area contributed by atoms with Crippen LogP contribution in [0.15, 0.2) is 18.2 Å². The van der Waals surface area contributed by atoms with Gasteiger partial charge >= 0.3 is 0 Å². The van der Waals surface area contributed by atoms with Crippen LogP contribution in [0.5, 0.6) is 5.75 Å². The molecule has 1 aromatic carbocycles. The minimum atomic E-state index is 0.260. The molecule has 0 fully saturated rings. The fourth-order valence-electron chi connectivity index (χ4n) is 2.00. The van der Waals surface area contributed by atoms with Crippen LogP contribution in [0.4, 0.5) is 0 Å². The van der Waals surface area contributed by atoms with Crippen LogP contribution >= 0.6 is 0 Å². The average molecular weight is 236 g/mol. The second-order valence-electron chi connectivity index (χ2n) is 4.57. The summed E-state index contributed by atoms with van der Waals surface area (Å²) in [6.45, 7) is 5.04. The van der Waals surface area contributed by atoms with E-state index in [1.807, 2.05) is 7.05 Å². The van der Waals surface area contributed by atoms with Crippen molar-refractivity contribution in [1.82, 2.24) is 5.32 Å². The van der Waals surface area contributed by atoms with Gasteiger partial charge in [-0.05, 0) is 37.6 Å². The summed E-state index contributed by atoms with van der Waals surface area (Å²) in [5.74, 6) is 1.46. The molecule has 17 heavy (non-hydrogen) atoms. The highest BCUT2D eigenvalue weighted by Gasteiger charge is 2.14. The molecule has 1 aromatic rings. The maximum Gasteiger partial charge on any atom is 0.123 e. The Morgan fingerprint density at radius 3 is 2.53 bits per heavy atom. The van der Waals surface area contributed by atoms with E-state index in [0.29, 0.717) is 12.5 Å². The molecule has 0 spiro atoms. The highest BCUT2D eigenvalue weighted by atomic mass is 16.5. The summed E-state index contributed by atoms with van der Waals surface area (Å²) in [6.07, 6.45) is 0.911. The number of nitrogens with two attached hydrogens (primary N) is 1. The average Bonchev–Trinajstić information content (AvgIpc) is 2.35. The molecule has 1 atom stereocenters. The Morgan fingerprint density at radius 2 is 2.06 bits per heavy atom. The van der Waals surface area contributed by atoms with Crippen molar-refractivity contribution in [2.75, 3.05) is 20.7 Å². The molecule has 0 amide bonds. The minimum absolute atomic E-state index is 0.260. The van der Waals surface area contributed by atoms with E-state index in [1.165, 1.54) is 11.1 Å². The van der Waals surface area contributed by atoms with Gasteiger partial charge in [-0.25, -0.2) is 0 Å². The first kappa shape index (κ1) is 14.0. The van der Waals surface area contributed by atoms with Gasteiger partial charge in [0, 0.05) is 11.6 Å². The standard InChI is InChI=1S/C14H24N2O/c1-10(2)11-5-6-12(14(9-11)17-4)13(16-3)7-8-15/h5-6,9-10,13,16H,7-8,15H2,1-4H3. The summed E-state index contributed by atoms with van der Waals surface area (Å²) in [6, 6.07) is 6.70. The molecule has 96 valence electrons. The van der Waals surface area contributed by atoms with E-state index in [9.17, 15) is 0 Å². The van der Waals surface area contributed by atoms with Crippen molar-refractivity contribution in [2.24, 2.45) is 5.73 Å². The highest BCUT2D eigenvalue weighted by Crippen LogP contribution is 2.30. The van der Waals surface area contributed by atoms with Gasteiger partial charge in [-0.15, -0.1) is 0 Å². The third kappa shape index (κ3) is 3.45. The number of hydrogen-bond donors (Lipinski definition) is 2. The van der Waals surface area contributed by atoms with E-state index in [1.54, 1.807) is 7.11 Å². The lowest BCUT2D eigenvalue weighted by atomic mass is 9.96. The van der Waals surface area contributed by atoms with Gasteiger partial charge in [-0.2, -0.15) is 0 Å². The van der Waals surface area contributed by atoms with Gasteiger partial charge in [0.05, 0.1) is 7.11 Å². The molecule has 0 radical (unpaired) electrons. The number of rotatable bonds is 6. The predicted molar refractivity (Wildman–Crippen MR) is 72.6 cm³/mol. The smallest absolute Gasteiger partial charge is 0.123 e. The second-order valence-corrected chi connectivity index (χ2v) is 4.57. The monoisotopic (exact) mass is 236 g/mol. The van der Waals surface area contributed by atoms with E-state index in [4.69, 9.17) is 10.5 Å². The van der Waals surface area contributed by atoms with Crippen molar-refractivity contribution in [1.29, 1.82) is 0 Å². The summed E-state index contributed by atoms with van der Waals surface area (Å²) >= 11 is 0. The Balaban J connectivity index is 3.06. The number of benzene rings is 1. The Kier molecular flexibility index (Phi) is 5.45. The molecule has 3 N–H and O–H groups in total. The fourth-order valence-corrected chi connectivity index (χ4v) is 2.00. The van der Waals surface area contributed by atoms with E-state index in [-0.39, 0.29) is 6.04 Å². The zero-order chi connectivity index (χ0) is 12.8. The zero-order valence-corrected chi connectivity index (χ0v) is 11.3. The van der Waals surface area contributed by atoms with Crippen molar-refractivity contribution in [3.05, 3.63) is 29.3 Å². The van der Waals surface area contributed by atoms with E-state index in [2.05, 4.69) is 37.4 Å². The van der Waals surface area contributed by atoms with Crippen molar-refractivity contribution < 1.29 is 4.74 Å². The maximum atomic E-state index is 5.63. The maximum absolute atomic E-state index is 5.63. The van der Waals surface area contributed by atoms with Gasteiger partial charge in [-0.1, -0.05) is 26.0 Å². The molecular weight excluding hydrogens is 212 g/mol. The summed E-state index contributed by atoms with van der Waals surface area (Å²) in [7, 11) is 3.67. The van der Waals surface area contributed by atoms with Gasteiger partial charge < -0.3 is 15.8 Å². The molecule has 0 aliphatic rings. The van der Waals surface area contributed by atoms with Crippen molar-refractivity contribution >= 4 is 0 Å². The second kappa shape index (κ2) is 6.62. The molecule has 1 unspecified atom stereocenters. The number of nitrogens with one attached hydrogen (secondary N) is 1. The zero-order valence-electron chi connectivity index (χ0n) is 11.3. The first-order chi connectivity index (χ1) is 8.13. The molecule has 0 saturated carbocycles. The Morgan fingerprint density at radius 1 is 1.35 bits per heavy atom. The van der Waals surface area contributed by atoms with Gasteiger partial charge in [0.15, 0.2) is 0 Å². The first-order valence-corrected chi connectivity index (χ1v) is 6.19. The van der Waals surface area contributed by atoms with Gasteiger partial charge in [0.1, 0.15) is 5.75 Å². The molecule has 0 aliphatic carbocycles. The van der Waals surface area contributed by atoms with Crippen LogP contribution in [-0.4, -0.2) is 20.7 Å². The molecule has 0 saturated heterocycles. The number of methoxy groups -OCH3 is 1. The molecule has 0 aliphatic heterocycles. The molecule has 3 nitrogen and oxygen atoms in total. The summed E-state index contributed by atoms with van der Waals surface area (Å²) in [4.78, 5) is 0. The molecule has 0 bridgehead atoms. The Bertz CT molecular complexity index is 350. The normalized spacial score (nSPS) is 12.8. The fraction of sp³-hybridized carbons (Fsp3) is 0.571.